The third kappa shape index (κ3) is 4.48. The summed E-state index contributed by atoms with van der Waals surface area (Å²) in [5.41, 5.74) is 1.13. The first-order valence-electron chi connectivity index (χ1n) is 5.27. The molecule has 0 unspecified atom stereocenters. The highest BCUT2D eigenvalue weighted by atomic mass is 15.2. The number of hydrogen-bond acceptors (Lipinski definition) is 3. The summed E-state index contributed by atoms with van der Waals surface area (Å²) in [6.45, 7) is 9.24. The van der Waals surface area contributed by atoms with Crippen molar-refractivity contribution in [2.24, 2.45) is 9.98 Å². The first-order chi connectivity index (χ1) is 6.83. The van der Waals surface area contributed by atoms with Crippen molar-refractivity contribution in [3.63, 3.8) is 0 Å². The predicted octanol–water partition coefficient (Wildman–Crippen LogP) is 0.748. The maximum absolute atomic E-state index is 4.27. The molecule has 0 bridgehead atoms. The Kier molecular flexibility index (Phi) is 5.40. The van der Waals surface area contributed by atoms with E-state index in [1.807, 2.05) is 6.92 Å². The molecule has 4 heteroatoms. The number of piperazine rings is 1. The number of nitrogens with one attached hydrogen (secondary N) is 1. The molecule has 0 aromatic rings. The fourth-order valence-electron chi connectivity index (χ4n) is 1.24. The van der Waals surface area contributed by atoms with Crippen molar-refractivity contribution in [3.05, 3.63) is 0 Å². The van der Waals surface area contributed by atoms with Gasteiger partial charge in [-0.15, -0.1) is 0 Å². The van der Waals surface area contributed by atoms with Crippen LogP contribution in [0.15, 0.2) is 9.98 Å². The number of aliphatic imine (C=N–C) groups is 2. The lowest BCUT2D eigenvalue weighted by Gasteiger charge is -2.24. The SMILES string of the molecule is CC/C(C)=N\C=N/CN1CCNCC1. The molecule has 1 aliphatic heterocycles. The molecule has 1 N–H and O–H groups in total. The van der Waals surface area contributed by atoms with Crippen molar-refractivity contribution < 1.29 is 0 Å². The lowest BCUT2D eigenvalue weighted by molar-refractivity contribution is 0.249. The standard InChI is InChI=1S/C10H20N4/c1-3-10(2)13-8-12-9-14-6-4-11-5-7-14/h8,11H,3-7,9H2,1-2H3/b12-8-,13-10-. The van der Waals surface area contributed by atoms with Crippen molar-refractivity contribution in [2.75, 3.05) is 32.8 Å². The molecule has 14 heavy (non-hydrogen) atoms. The van der Waals surface area contributed by atoms with Gasteiger partial charge in [-0.3, -0.25) is 9.89 Å². The highest BCUT2D eigenvalue weighted by molar-refractivity contribution is 5.88. The molecule has 80 valence electrons. The van der Waals surface area contributed by atoms with Gasteiger partial charge in [0.05, 0.1) is 6.67 Å². The minimum Gasteiger partial charge on any atom is -0.314 e. The van der Waals surface area contributed by atoms with Gasteiger partial charge in [0.15, 0.2) is 0 Å². The average molecular weight is 196 g/mol. The molecule has 0 aliphatic carbocycles. The number of hydrogen-bond donors (Lipinski definition) is 1. The monoisotopic (exact) mass is 196 g/mol. The van der Waals surface area contributed by atoms with E-state index >= 15 is 0 Å². The summed E-state index contributed by atoms with van der Waals surface area (Å²) in [5, 5.41) is 3.31. The third-order valence-electron chi connectivity index (χ3n) is 2.36. The smallest absolute Gasteiger partial charge is 0.111 e. The van der Waals surface area contributed by atoms with Crippen molar-refractivity contribution >= 4 is 12.1 Å². The van der Waals surface area contributed by atoms with E-state index in [0.29, 0.717) is 0 Å². The summed E-state index contributed by atoms with van der Waals surface area (Å²) in [6.07, 6.45) is 2.68. The van der Waals surface area contributed by atoms with Crippen molar-refractivity contribution in [1.82, 2.24) is 10.2 Å². The Balaban J connectivity index is 2.18. The molecule has 1 aliphatic rings. The van der Waals surface area contributed by atoms with Gasteiger partial charge < -0.3 is 5.32 Å². The first kappa shape index (κ1) is 11.3. The van der Waals surface area contributed by atoms with Crippen molar-refractivity contribution in [3.8, 4) is 0 Å². The molecule has 4 nitrogen and oxygen atoms in total. The van der Waals surface area contributed by atoms with Crippen LogP contribution in [0.5, 0.6) is 0 Å². The van der Waals surface area contributed by atoms with Crippen LogP contribution in [0.3, 0.4) is 0 Å². The van der Waals surface area contributed by atoms with Gasteiger partial charge in [0.25, 0.3) is 0 Å². The van der Waals surface area contributed by atoms with Crippen molar-refractivity contribution in [2.45, 2.75) is 20.3 Å². The summed E-state index contributed by atoms with van der Waals surface area (Å²) in [5.74, 6) is 0. The summed E-state index contributed by atoms with van der Waals surface area (Å²) < 4.78 is 0. The van der Waals surface area contributed by atoms with E-state index in [1.165, 1.54) is 0 Å². The van der Waals surface area contributed by atoms with Gasteiger partial charge in [0.2, 0.25) is 0 Å². The van der Waals surface area contributed by atoms with Crippen LogP contribution in [0.2, 0.25) is 0 Å². The molecule has 0 atom stereocenters. The lowest BCUT2D eigenvalue weighted by atomic mass is 10.3. The maximum atomic E-state index is 4.27. The topological polar surface area (TPSA) is 40.0 Å². The summed E-state index contributed by atoms with van der Waals surface area (Å²) in [6, 6.07) is 0. The van der Waals surface area contributed by atoms with Crippen LogP contribution < -0.4 is 5.32 Å². The number of rotatable bonds is 4. The Labute approximate surface area is 86.1 Å². The summed E-state index contributed by atoms with van der Waals surface area (Å²) >= 11 is 0. The molecule has 0 spiro atoms. The largest absolute Gasteiger partial charge is 0.314 e. The Morgan fingerprint density at radius 3 is 2.79 bits per heavy atom. The summed E-state index contributed by atoms with van der Waals surface area (Å²) in [4.78, 5) is 10.8. The highest BCUT2D eigenvalue weighted by Crippen LogP contribution is 1.91. The zero-order valence-electron chi connectivity index (χ0n) is 9.16. The molecule has 1 saturated heterocycles. The van der Waals surface area contributed by atoms with Crippen LogP contribution in [0.25, 0.3) is 0 Å². The minimum atomic E-state index is 0.780. The quantitative estimate of drug-likeness (QED) is 0.532. The van der Waals surface area contributed by atoms with E-state index in [1.54, 1.807) is 6.34 Å². The van der Waals surface area contributed by atoms with Crippen LogP contribution in [0.1, 0.15) is 20.3 Å². The van der Waals surface area contributed by atoms with Crippen LogP contribution >= 0.6 is 0 Å². The first-order valence-corrected chi connectivity index (χ1v) is 5.27. The third-order valence-corrected chi connectivity index (χ3v) is 2.36. The van der Waals surface area contributed by atoms with E-state index in [4.69, 9.17) is 0 Å². The predicted molar refractivity (Wildman–Crippen MR) is 61.2 cm³/mol. The van der Waals surface area contributed by atoms with Gasteiger partial charge in [0.1, 0.15) is 6.34 Å². The fourth-order valence-corrected chi connectivity index (χ4v) is 1.24. The minimum absolute atomic E-state index is 0.780. The normalized spacial score (nSPS) is 20.6. The molecular weight excluding hydrogens is 176 g/mol. The maximum Gasteiger partial charge on any atom is 0.111 e. The van der Waals surface area contributed by atoms with E-state index in [2.05, 4.69) is 27.1 Å². The van der Waals surface area contributed by atoms with E-state index in [0.717, 1.165) is 45.0 Å². The number of nitrogens with zero attached hydrogens (tertiary/aromatic N) is 3. The van der Waals surface area contributed by atoms with Crippen LogP contribution in [-0.2, 0) is 0 Å². The fraction of sp³-hybridized carbons (Fsp3) is 0.800. The highest BCUT2D eigenvalue weighted by Gasteiger charge is 2.06. The van der Waals surface area contributed by atoms with Gasteiger partial charge in [-0.1, -0.05) is 6.92 Å². The molecule has 1 fully saturated rings. The molecule has 1 rings (SSSR count). The second kappa shape index (κ2) is 6.68. The molecule has 0 aromatic carbocycles. The van der Waals surface area contributed by atoms with Gasteiger partial charge >= 0.3 is 0 Å². The molecule has 0 aromatic heterocycles. The average Bonchev–Trinajstić information content (AvgIpc) is 2.25. The molecule has 0 radical (unpaired) electrons. The Bertz CT molecular complexity index is 204. The molecule has 0 saturated carbocycles. The van der Waals surface area contributed by atoms with Gasteiger partial charge in [-0.2, -0.15) is 0 Å². The van der Waals surface area contributed by atoms with E-state index in [9.17, 15) is 0 Å². The van der Waals surface area contributed by atoms with Crippen LogP contribution in [0, 0.1) is 0 Å². The second-order valence-electron chi connectivity index (χ2n) is 3.53. The van der Waals surface area contributed by atoms with Gasteiger partial charge in [-0.05, 0) is 13.3 Å². The van der Waals surface area contributed by atoms with Crippen LogP contribution in [-0.4, -0.2) is 49.8 Å². The molecular formula is C10H20N4. The van der Waals surface area contributed by atoms with E-state index in [-0.39, 0.29) is 0 Å². The van der Waals surface area contributed by atoms with Crippen molar-refractivity contribution in [1.29, 1.82) is 0 Å². The second-order valence-corrected chi connectivity index (χ2v) is 3.53. The van der Waals surface area contributed by atoms with Gasteiger partial charge in [-0.25, -0.2) is 4.99 Å². The van der Waals surface area contributed by atoms with Gasteiger partial charge in [0, 0.05) is 31.9 Å². The Hall–Kier alpha value is -0.740. The van der Waals surface area contributed by atoms with Crippen LogP contribution in [0.4, 0.5) is 0 Å². The van der Waals surface area contributed by atoms with E-state index < -0.39 is 0 Å². The zero-order valence-corrected chi connectivity index (χ0v) is 9.16. The Morgan fingerprint density at radius 1 is 1.43 bits per heavy atom. The molecule has 0 amide bonds. The zero-order chi connectivity index (χ0) is 10.2. The lowest BCUT2D eigenvalue weighted by Crippen LogP contribution is -2.43. The summed E-state index contributed by atoms with van der Waals surface area (Å²) in [7, 11) is 0. The Morgan fingerprint density at radius 2 is 2.14 bits per heavy atom. The molecule has 1 heterocycles.